The van der Waals surface area contributed by atoms with Crippen molar-refractivity contribution in [1.29, 1.82) is 0 Å². The Morgan fingerprint density at radius 2 is 2.13 bits per heavy atom. The van der Waals surface area contributed by atoms with Gasteiger partial charge in [0.25, 0.3) is 5.91 Å². The molecular formula is C17H19N3O3. The van der Waals surface area contributed by atoms with Crippen LogP contribution < -0.4 is 0 Å². The third-order valence-corrected chi connectivity index (χ3v) is 4.14. The molecule has 0 radical (unpaired) electrons. The van der Waals surface area contributed by atoms with Crippen LogP contribution in [0.4, 0.5) is 0 Å². The summed E-state index contributed by atoms with van der Waals surface area (Å²) in [6, 6.07) is 6.42. The van der Waals surface area contributed by atoms with Gasteiger partial charge in [0.15, 0.2) is 0 Å². The van der Waals surface area contributed by atoms with Crippen molar-refractivity contribution in [2.45, 2.75) is 38.8 Å². The summed E-state index contributed by atoms with van der Waals surface area (Å²) in [5.74, 6) is -1.20. The molecular weight excluding hydrogens is 294 g/mol. The molecule has 1 heterocycles. The fraction of sp³-hybridized carbons (Fsp3) is 0.353. The summed E-state index contributed by atoms with van der Waals surface area (Å²) in [7, 11) is 0. The van der Waals surface area contributed by atoms with Crippen LogP contribution in [-0.4, -0.2) is 43.7 Å². The molecule has 1 amide bonds. The van der Waals surface area contributed by atoms with E-state index >= 15 is 0 Å². The number of hydrogen-bond acceptors (Lipinski definition) is 3. The van der Waals surface area contributed by atoms with E-state index in [2.05, 4.69) is 5.10 Å². The number of carboxylic acid groups (broad SMARTS) is 1. The quantitative estimate of drug-likeness (QED) is 0.918. The average molecular weight is 313 g/mol. The molecule has 6 nitrogen and oxygen atoms in total. The Morgan fingerprint density at radius 3 is 2.65 bits per heavy atom. The molecule has 0 bridgehead atoms. The van der Waals surface area contributed by atoms with Crippen LogP contribution in [0.15, 0.2) is 36.7 Å². The minimum absolute atomic E-state index is 0.0414. The van der Waals surface area contributed by atoms with Gasteiger partial charge in [-0.3, -0.25) is 4.79 Å². The van der Waals surface area contributed by atoms with E-state index in [1.54, 1.807) is 29.9 Å². The summed E-state index contributed by atoms with van der Waals surface area (Å²) in [5, 5.41) is 13.4. The van der Waals surface area contributed by atoms with Crippen LogP contribution in [0, 0.1) is 6.92 Å². The number of nitrogens with zero attached hydrogens (tertiary/aromatic N) is 3. The van der Waals surface area contributed by atoms with Crippen LogP contribution in [-0.2, 0) is 4.79 Å². The van der Waals surface area contributed by atoms with E-state index in [9.17, 15) is 14.7 Å². The molecule has 1 saturated carbocycles. The summed E-state index contributed by atoms with van der Waals surface area (Å²) in [4.78, 5) is 25.5. The maximum atomic E-state index is 12.8. The van der Waals surface area contributed by atoms with E-state index in [-0.39, 0.29) is 11.9 Å². The fourth-order valence-corrected chi connectivity index (χ4v) is 2.74. The maximum Gasteiger partial charge on any atom is 0.326 e. The fourth-order valence-electron chi connectivity index (χ4n) is 2.74. The number of carboxylic acids is 1. The maximum absolute atomic E-state index is 12.8. The Labute approximate surface area is 134 Å². The van der Waals surface area contributed by atoms with E-state index < -0.39 is 12.0 Å². The monoisotopic (exact) mass is 313 g/mol. The number of aryl methyl sites for hydroxylation is 1. The van der Waals surface area contributed by atoms with E-state index in [4.69, 9.17) is 0 Å². The van der Waals surface area contributed by atoms with Crippen molar-refractivity contribution in [1.82, 2.24) is 14.7 Å². The summed E-state index contributed by atoms with van der Waals surface area (Å²) in [5.41, 5.74) is 2.33. The van der Waals surface area contributed by atoms with Crippen molar-refractivity contribution in [3.63, 3.8) is 0 Å². The number of carbonyl (C=O) groups excluding carboxylic acids is 1. The van der Waals surface area contributed by atoms with Crippen molar-refractivity contribution >= 4 is 11.9 Å². The molecule has 23 heavy (non-hydrogen) atoms. The first-order chi connectivity index (χ1) is 11.0. The van der Waals surface area contributed by atoms with E-state index in [0.717, 1.165) is 24.1 Å². The first-order valence-electron chi connectivity index (χ1n) is 7.65. The topological polar surface area (TPSA) is 75.4 Å². The van der Waals surface area contributed by atoms with Gasteiger partial charge in [0.05, 0.1) is 5.69 Å². The van der Waals surface area contributed by atoms with Crippen molar-refractivity contribution in [2.75, 3.05) is 0 Å². The first-order valence-corrected chi connectivity index (χ1v) is 7.65. The van der Waals surface area contributed by atoms with Crippen LogP contribution in [0.1, 0.15) is 35.7 Å². The van der Waals surface area contributed by atoms with E-state index in [1.807, 2.05) is 25.3 Å². The van der Waals surface area contributed by atoms with E-state index in [0.29, 0.717) is 5.56 Å². The molecule has 6 heteroatoms. The Morgan fingerprint density at radius 1 is 1.39 bits per heavy atom. The summed E-state index contributed by atoms with van der Waals surface area (Å²) in [6.45, 7) is 3.47. The molecule has 1 unspecified atom stereocenters. The molecule has 2 aromatic rings. The van der Waals surface area contributed by atoms with Gasteiger partial charge in [-0.05, 0) is 56.5 Å². The summed E-state index contributed by atoms with van der Waals surface area (Å²) < 4.78 is 1.74. The van der Waals surface area contributed by atoms with Gasteiger partial charge in [-0.1, -0.05) is 0 Å². The molecule has 1 aromatic carbocycles. The van der Waals surface area contributed by atoms with Gasteiger partial charge in [0.1, 0.15) is 6.04 Å². The second kappa shape index (κ2) is 5.87. The van der Waals surface area contributed by atoms with Gasteiger partial charge in [0.2, 0.25) is 0 Å². The number of carbonyl (C=O) groups is 2. The third-order valence-electron chi connectivity index (χ3n) is 4.14. The molecule has 120 valence electrons. The molecule has 1 N–H and O–H groups in total. The highest BCUT2D eigenvalue weighted by Gasteiger charge is 2.38. The van der Waals surface area contributed by atoms with Crippen LogP contribution in [0.2, 0.25) is 0 Å². The van der Waals surface area contributed by atoms with Gasteiger partial charge in [-0.25, -0.2) is 9.48 Å². The lowest BCUT2D eigenvalue weighted by Gasteiger charge is -2.26. The lowest BCUT2D eigenvalue weighted by molar-refractivity contribution is -0.141. The Kier molecular flexibility index (Phi) is 3.90. The van der Waals surface area contributed by atoms with Gasteiger partial charge in [-0.15, -0.1) is 0 Å². The van der Waals surface area contributed by atoms with Crippen LogP contribution in [0.3, 0.4) is 0 Å². The number of hydrogen-bond donors (Lipinski definition) is 1. The number of amides is 1. The molecule has 0 saturated heterocycles. The number of aromatic nitrogens is 2. The predicted molar refractivity (Wildman–Crippen MR) is 84.6 cm³/mol. The minimum atomic E-state index is -0.977. The molecule has 0 spiro atoms. The van der Waals surface area contributed by atoms with Gasteiger partial charge < -0.3 is 10.0 Å². The molecule has 1 aliphatic carbocycles. The molecule has 1 fully saturated rings. The highest BCUT2D eigenvalue weighted by Crippen LogP contribution is 2.30. The summed E-state index contributed by atoms with van der Waals surface area (Å²) >= 11 is 0. The third kappa shape index (κ3) is 2.97. The van der Waals surface area contributed by atoms with Crippen LogP contribution >= 0.6 is 0 Å². The second-order valence-corrected chi connectivity index (χ2v) is 5.91. The van der Waals surface area contributed by atoms with Crippen molar-refractivity contribution < 1.29 is 14.7 Å². The largest absolute Gasteiger partial charge is 0.480 e. The molecule has 1 aliphatic rings. The lowest BCUT2D eigenvalue weighted by atomic mass is 10.1. The van der Waals surface area contributed by atoms with E-state index in [1.165, 1.54) is 4.90 Å². The minimum Gasteiger partial charge on any atom is -0.480 e. The zero-order valence-corrected chi connectivity index (χ0v) is 13.1. The highest BCUT2D eigenvalue weighted by atomic mass is 16.4. The normalized spacial score (nSPS) is 15.2. The van der Waals surface area contributed by atoms with Gasteiger partial charge in [0, 0.05) is 24.0 Å². The van der Waals surface area contributed by atoms with Crippen LogP contribution in [0.25, 0.3) is 5.69 Å². The molecule has 1 atom stereocenters. The average Bonchev–Trinajstić information content (AvgIpc) is 3.20. The van der Waals surface area contributed by atoms with Crippen molar-refractivity contribution in [2.24, 2.45) is 0 Å². The predicted octanol–water partition coefficient (Wildman–Crippen LogP) is 2.26. The Hall–Kier alpha value is -2.63. The zero-order valence-electron chi connectivity index (χ0n) is 13.1. The highest BCUT2D eigenvalue weighted by molar-refractivity contribution is 5.97. The number of rotatable bonds is 5. The smallest absolute Gasteiger partial charge is 0.326 e. The Balaban J connectivity index is 1.90. The second-order valence-electron chi connectivity index (χ2n) is 5.91. The molecule has 3 rings (SSSR count). The lowest BCUT2D eigenvalue weighted by Crippen LogP contribution is -2.44. The molecule has 1 aromatic heterocycles. The van der Waals surface area contributed by atoms with Gasteiger partial charge in [-0.2, -0.15) is 5.10 Å². The van der Waals surface area contributed by atoms with Crippen molar-refractivity contribution in [3.05, 3.63) is 47.8 Å². The SMILES string of the molecule is Cc1cc(C(=O)N(C2CC2)C(C)C(=O)O)ccc1-n1cccn1. The summed E-state index contributed by atoms with van der Waals surface area (Å²) in [6.07, 6.45) is 5.27. The number of benzene rings is 1. The zero-order chi connectivity index (χ0) is 16.6. The molecule has 0 aliphatic heterocycles. The standard InChI is InChI=1S/C17H19N3O3/c1-11-10-13(4-7-15(11)19-9-3-8-18-19)16(21)20(14-5-6-14)12(2)17(22)23/h3-4,7-10,12,14H,5-6H2,1-2H3,(H,22,23). The van der Waals surface area contributed by atoms with Crippen LogP contribution in [0.5, 0.6) is 0 Å². The Bertz CT molecular complexity index is 736. The van der Waals surface area contributed by atoms with Crippen molar-refractivity contribution in [3.8, 4) is 5.69 Å². The first kappa shape index (κ1) is 15.3. The number of aliphatic carboxylic acids is 1. The van der Waals surface area contributed by atoms with Gasteiger partial charge >= 0.3 is 5.97 Å².